The highest BCUT2D eigenvalue weighted by Crippen LogP contribution is 2.24. The van der Waals surface area contributed by atoms with E-state index in [4.69, 9.17) is 23.2 Å². The summed E-state index contributed by atoms with van der Waals surface area (Å²) in [6, 6.07) is 12.3. The van der Waals surface area contributed by atoms with Crippen molar-refractivity contribution in [2.24, 2.45) is 0 Å². The predicted molar refractivity (Wildman–Crippen MR) is 116 cm³/mol. The van der Waals surface area contributed by atoms with E-state index in [2.05, 4.69) is 15.3 Å². The summed E-state index contributed by atoms with van der Waals surface area (Å²) in [6.45, 7) is 0.239. The molecule has 0 bridgehead atoms. The Morgan fingerprint density at radius 1 is 1.17 bits per heavy atom. The van der Waals surface area contributed by atoms with Crippen LogP contribution in [0.25, 0.3) is 10.9 Å². The van der Waals surface area contributed by atoms with E-state index in [1.54, 1.807) is 12.1 Å². The lowest BCUT2D eigenvalue weighted by atomic mass is 10.2. The van der Waals surface area contributed by atoms with Crippen molar-refractivity contribution in [3.05, 3.63) is 85.3 Å². The number of carbonyl (C=O) groups excluding carboxylic acids is 1. The van der Waals surface area contributed by atoms with Crippen molar-refractivity contribution in [1.82, 2.24) is 14.5 Å². The van der Waals surface area contributed by atoms with E-state index < -0.39 is 0 Å². The fourth-order valence-electron chi connectivity index (χ4n) is 2.85. The summed E-state index contributed by atoms with van der Waals surface area (Å²) < 4.78 is 1.44. The third-order valence-electron chi connectivity index (χ3n) is 4.15. The van der Waals surface area contributed by atoms with Crippen LogP contribution in [0.3, 0.4) is 0 Å². The number of nitrogens with zero attached hydrogens (tertiary/aromatic N) is 3. The van der Waals surface area contributed by atoms with Gasteiger partial charge in [-0.15, -0.1) is 11.3 Å². The molecule has 1 amide bonds. The number of nitrogens with one attached hydrogen (secondary N) is 1. The Kier molecular flexibility index (Phi) is 5.62. The summed E-state index contributed by atoms with van der Waals surface area (Å²) in [6.07, 6.45) is 1.60. The predicted octanol–water partition coefficient (Wildman–Crippen LogP) is 4.39. The molecule has 4 aromatic rings. The number of benzene rings is 2. The molecule has 6 nitrogen and oxygen atoms in total. The van der Waals surface area contributed by atoms with Crippen LogP contribution in [0.15, 0.2) is 59.0 Å². The Morgan fingerprint density at radius 2 is 1.97 bits per heavy atom. The molecule has 0 saturated heterocycles. The van der Waals surface area contributed by atoms with Gasteiger partial charge in [-0.3, -0.25) is 14.2 Å². The summed E-state index contributed by atoms with van der Waals surface area (Å²) in [5.41, 5.74) is 1.57. The van der Waals surface area contributed by atoms with Gasteiger partial charge < -0.3 is 5.32 Å². The van der Waals surface area contributed by atoms with Crippen molar-refractivity contribution in [2.45, 2.75) is 13.0 Å². The molecule has 0 fully saturated rings. The maximum absolute atomic E-state index is 12.7. The van der Waals surface area contributed by atoms with E-state index in [-0.39, 0.29) is 24.4 Å². The van der Waals surface area contributed by atoms with E-state index in [1.807, 2.05) is 35.7 Å². The minimum absolute atomic E-state index is 0.147. The SMILES string of the molecule is O=C(Cc1nc(Cn2cnc3c(Cl)cc(Cl)cc3c2=O)cs1)Nc1ccccc1. The monoisotopic (exact) mass is 444 g/mol. The van der Waals surface area contributed by atoms with Crippen LogP contribution in [-0.4, -0.2) is 20.4 Å². The molecule has 0 aliphatic heterocycles. The molecule has 0 radical (unpaired) electrons. The van der Waals surface area contributed by atoms with Crippen molar-refractivity contribution in [3.8, 4) is 0 Å². The lowest BCUT2D eigenvalue weighted by Crippen LogP contribution is -2.21. The Hall–Kier alpha value is -2.74. The van der Waals surface area contributed by atoms with Crippen molar-refractivity contribution < 1.29 is 4.79 Å². The average Bonchev–Trinajstić information content (AvgIpc) is 3.12. The Bertz CT molecular complexity index is 1250. The third-order valence-corrected chi connectivity index (χ3v) is 5.55. The van der Waals surface area contributed by atoms with Crippen LogP contribution in [0, 0.1) is 0 Å². The van der Waals surface area contributed by atoms with E-state index in [0.717, 1.165) is 5.69 Å². The van der Waals surface area contributed by atoms with E-state index in [0.29, 0.717) is 31.6 Å². The molecule has 2 heterocycles. The topological polar surface area (TPSA) is 76.9 Å². The number of hydrogen-bond acceptors (Lipinski definition) is 5. The first-order valence-corrected chi connectivity index (χ1v) is 10.3. The number of amides is 1. The van der Waals surface area contributed by atoms with Crippen LogP contribution < -0.4 is 10.9 Å². The smallest absolute Gasteiger partial charge is 0.261 e. The number of fused-ring (bicyclic) bond motifs is 1. The first-order valence-electron chi connectivity index (χ1n) is 8.62. The molecule has 2 aromatic heterocycles. The molecule has 1 N–H and O–H groups in total. The molecule has 0 aliphatic rings. The number of halogens is 2. The van der Waals surface area contributed by atoms with E-state index >= 15 is 0 Å². The number of hydrogen-bond donors (Lipinski definition) is 1. The second-order valence-corrected chi connectivity index (χ2v) is 8.07. The van der Waals surface area contributed by atoms with Gasteiger partial charge in [0.1, 0.15) is 5.01 Å². The second kappa shape index (κ2) is 8.32. The van der Waals surface area contributed by atoms with Crippen LogP contribution in [-0.2, 0) is 17.8 Å². The first-order chi connectivity index (χ1) is 14.0. The number of anilines is 1. The van der Waals surface area contributed by atoms with Crippen LogP contribution in [0.4, 0.5) is 5.69 Å². The zero-order valence-electron chi connectivity index (χ0n) is 14.9. The van der Waals surface area contributed by atoms with Gasteiger partial charge in [0.15, 0.2) is 0 Å². The number of para-hydroxylation sites is 1. The van der Waals surface area contributed by atoms with Crippen LogP contribution >= 0.6 is 34.5 Å². The maximum Gasteiger partial charge on any atom is 0.261 e. The Balaban J connectivity index is 1.50. The van der Waals surface area contributed by atoms with Gasteiger partial charge in [-0.1, -0.05) is 41.4 Å². The van der Waals surface area contributed by atoms with Gasteiger partial charge in [0.05, 0.1) is 40.9 Å². The average molecular weight is 445 g/mol. The lowest BCUT2D eigenvalue weighted by molar-refractivity contribution is -0.115. The third kappa shape index (κ3) is 4.48. The highest BCUT2D eigenvalue weighted by atomic mass is 35.5. The molecule has 29 heavy (non-hydrogen) atoms. The minimum Gasteiger partial charge on any atom is -0.326 e. The molecule has 9 heteroatoms. The standard InChI is InChI=1S/C20H14Cl2N4O2S/c21-12-6-15-19(16(22)7-12)23-11-26(20(15)28)9-14-10-29-18(25-14)8-17(27)24-13-4-2-1-3-5-13/h1-7,10-11H,8-9H2,(H,24,27). The summed E-state index contributed by atoms with van der Waals surface area (Å²) in [7, 11) is 0. The molecule has 0 spiro atoms. The molecule has 146 valence electrons. The first kappa shape index (κ1) is 19.6. The quantitative estimate of drug-likeness (QED) is 0.495. The van der Waals surface area contributed by atoms with Gasteiger partial charge >= 0.3 is 0 Å². The summed E-state index contributed by atoms with van der Waals surface area (Å²) in [5, 5.41) is 6.38. The van der Waals surface area contributed by atoms with Crippen molar-refractivity contribution in [1.29, 1.82) is 0 Å². The van der Waals surface area contributed by atoms with Crippen LogP contribution in [0.5, 0.6) is 0 Å². The molecule has 2 aromatic carbocycles. The zero-order valence-corrected chi connectivity index (χ0v) is 17.3. The zero-order chi connectivity index (χ0) is 20.4. The number of thiazole rings is 1. The Morgan fingerprint density at radius 3 is 2.76 bits per heavy atom. The lowest BCUT2D eigenvalue weighted by Gasteiger charge is -2.06. The van der Waals surface area contributed by atoms with Gasteiger partial charge in [-0.25, -0.2) is 9.97 Å². The van der Waals surface area contributed by atoms with E-state index in [9.17, 15) is 9.59 Å². The van der Waals surface area contributed by atoms with E-state index in [1.165, 1.54) is 22.2 Å². The van der Waals surface area contributed by atoms with Gasteiger partial charge in [0, 0.05) is 16.1 Å². The molecule has 0 unspecified atom stereocenters. The highest BCUT2D eigenvalue weighted by molar-refractivity contribution is 7.09. The van der Waals surface area contributed by atoms with Gasteiger partial charge in [-0.2, -0.15) is 0 Å². The fraction of sp³-hybridized carbons (Fsp3) is 0.100. The second-order valence-electron chi connectivity index (χ2n) is 6.28. The maximum atomic E-state index is 12.7. The van der Waals surface area contributed by atoms with Gasteiger partial charge in [0.25, 0.3) is 5.56 Å². The van der Waals surface area contributed by atoms with Crippen molar-refractivity contribution in [2.75, 3.05) is 5.32 Å². The summed E-state index contributed by atoms with van der Waals surface area (Å²) in [4.78, 5) is 33.6. The van der Waals surface area contributed by atoms with Gasteiger partial charge in [-0.05, 0) is 24.3 Å². The summed E-state index contributed by atoms with van der Waals surface area (Å²) >= 11 is 13.5. The molecular weight excluding hydrogens is 431 g/mol. The highest BCUT2D eigenvalue weighted by Gasteiger charge is 2.12. The normalized spacial score (nSPS) is 11.0. The molecule has 0 saturated carbocycles. The molecular formula is C20H14Cl2N4O2S. The van der Waals surface area contributed by atoms with Crippen molar-refractivity contribution >= 4 is 57.0 Å². The number of carbonyl (C=O) groups is 1. The summed E-state index contributed by atoms with van der Waals surface area (Å²) in [5.74, 6) is -0.147. The molecule has 0 aliphatic carbocycles. The number of aromatic nitrogens is 3. The minimum atomic E-state index is -0.254. The Labute approximate surface area is 179 Å². The number of rotatable bonds is 5. The fourth-order valence-corrected chi connectivity index (χ4v) is 4.17. The largest absolute Gasteiger partial charge is 0.326 e. The van der Waals surface area contributed by atoms with Crippen LogP contribution in [0.2, 0.25) is 10.0 Å². The molecule has 4 rings (SSSR count). The van der Waals surface area contributed by atoms with Crippen molar-refractivity contribution in [3.63, 3.8) is 0 Å². The van der Waals surface area contributed by atoms with Gasteiger partial charge in [0.2, 0.25) is 5.91 Å². The molecule has 0 atom stereocenters. The van der Waals surface area contributed by atoms with Crippen LogP contribution in [0.1, 0.15) is 10.7 Å².